The average molecular weight is 406 g/mol. The molecule has 24 heavy (non-hydrogen) atoms. The van der Waals surface area contributed by atoms with Crippen LogP contribution in [0.5, 0.6) is 0 Å². The Kier molecular flexibility index (Phi) is 4.96. The van der Waals surface area contributed by atoms with Gasteiger partial charge in [0.05, 0.1) is 15.9 Å². The van der Waals surface area contributed by atoms with Gasteiger partial charge in [0.2, 0.25) is 5.91 Å². The molecule has 1 fully saturated rings. The molecule has 0 radical (unpaired) electrons. The second-order valence-corrected chi connectivity index (χ2v) is 7.19. The molecule has 0 aromatic heterocycles. The number of rotatable bonds is 4. The lowest BCUT2D eigenvalue weighted by Gasteiger charge is -2.05. The van der Waals surface area contributed by atoms with Crippen molar-refractivity contribution in [2.24, 2.45) is 4.99 Å². The molecule has 8 heteroatoms. The number of amides is 1. The van der Waals surface area contributed by atoms with Crippen LogP contribution in [0.4, 0.5) is 11.4 Å². The van der Waals surface area contributed by atoms with Crippen LogP contribution in [0.1, 0.15) is 5.56 Å². The molecular formula is C16H12BrN3O3S. The fourth-order valence-corrected chi connectivity index (χ4v) is 3.57. The number of nitrogens with zero attached hydrogens (tertiary/aromatic N) is 2. The number of nitro benzene ring substituents is 1. The van der Waals surface area contributed by atoms with Crippen molar-refractivity contribution >= 4 is 50.1 Å². The van der Waals surface area contributed by atoms with Crippen molar-refractivity contribution in [3.8, 4) is 0 Å². The number of para-hydroxylation sites is 1. The highest BCUT2D eigenvalue weighted by atomic mass is 79.9. The summed E-state index contributed by atoms with van der Waals surface area (Å²) < 4.78 is 0.948. The van der Waals surface area contributed by atoms with Crippen LogP contribution in [0.3, 0.4) is 0 Å². The summed E-state index contributed by atoms with van der Waals surface area (Å²) >= 11 is 4.64. The zero-order valence-corrected chi connectivity index (χ0v) is 14.7. The highest BCUT2D eigenvalue weighted by molar-refractivity contribution is 9.10. The van der Waals surface area contributed by atoms with Crippen LogP contribution >= 0.6 is 27.7 Å². The summed E-state index contributed by atoms with van der Waals surface area (Å²) in [5, 5.41) is 13.9. The van der Waals surface area contributed by atoms with E-state index in [4.69, 9.17) is 0 Å². The molecule has 1 N–H and O–H groups in total. The smallest absolute Gasteiger partial charge is 0.272 e. The SMILES string of the molecule is O=C1NC(=Nc2ccc(Br)cc2)SC1Cc1ccccc1[N+](=O)[O-]. The number of nitro groups is 1. The van der Waals surface area contributed by atoms with E-state index in [0.717, 1.165) is 10.2 Å². The summed E-state index contributed by atoms with van der Waals surface area (Å²) in [6.45, 7) is 0. The Bertz CT molecular complexity index is 824. The van der Waals surface area contributed by atoms with E-state index in [9.17, 15) is 14.9 Å². The molecule has 2 aromatic rings. The van der Waals surface area contributed by atoms with E-state index in [1.165, 1.54) is 17.8 Å². The Morgan fingerprint density at radius 3 is 2.62 bits per heavy atom. The number of hydrogen-bond acceptors (Lipinski definition) is 5. The normalized spacial score (nSPS) is 18.6. The van der Waals surface area contributed by atoms with Crippen LogP contribution in [0.15, 0.2) is 58.0 Å². The summed E-state index contributed by atoms with van der Waals surface area (Å²) in [5.41, 5.74) is 1.30. The molecule has 6 nitrogen and oxygen atoms in total. The Hall–Kier alpha value is -2.19. The van der Waals surface area contributed by atoms with E-state index in [2.05, 4.69) is 26.2 Å². The van der Waals surface area contributed by atoms with Gasteiger partial charge >= 0.3 is 0 Å². The van der Waals surface area contributed by atoms with Crippen molar-refractivity contribution < 1.29 is 9.72 Å². The first kappa shape index (κ1) is 16.7. The van der Waals surface area contributed by atoms with Crippen LogP contribution in [0, 0.1) is 10.1 Å². The van der Waals surface area contributed by atoms with Gasteiger partial charge in [-0.25, -0.2) is 4.99 Å². The highest BCUT2D eigenvalue weighted by Crippen LogP contribution is 2.29. The maximum atomic E-state index is 12.1. The van der Waals surface area contributed by atoms with Crippen LogP contribution in [0.2, 0.25) is 0 Å². The van der Waals surface area contributed by atoms with Crippen LogP contribution in [-0.2, 0) is 11.2 Å². The highest BCUT2D eigenvalue weighted by Gasteiger charge is 2.32. The van der Waals surface area contributed by atoms with Gasteiger partial charge in [-0.05, 0) is 24.3 Å². The molecule has 2 aromatic carbocycles. The molecule has 1 amide bonds. The molecule has 122 valence electrons. The van der Waals surface area contributed by atoms with Gasteiger partial charge in [-0.2, -0.15) is 0 Å². The number of carbonyl (C=O) groups is 1. The molecule has 1 unspecified atom stereocenters. The van der Waals surface area contributed by atoms with Gasteiger partial charge in [0.1, 0.15) is 0 Å². The summed E-state index contributed by atoms with van der Waals surface area (Å²) in [6, 6.07) is 13.9. The topological polar surface area (TPSA) is 84.6 Å². The monoisotopic (exact) mass is 405 g/mol. The number of aliphatic imine (C=N–C) groups is 1. The zero-order valence-electron chi connectivity index (χ0n) is 12.3. The summed E-state index contributed by atoms with van der Waals surface area (Å²) in [7, 11) is 0. The van der Waals surface area contributed by atoms with Crippen molar-refractivity contribution in [2.75, 3.05) is 0 Å². The molecule has 1 aliphatic heterocycles. The Morgan fingerprint density at radius 1 is 1.21 bits per heavy atom. The molecule has 1 heterocycles. The standard InChI is InChI=1S/C16H12BrN3O3S/c17-11-5-7-12(8-6-11)18-16-19-15(21)14(24-16)9-10-3-1-2-4-13(10)20(22)23/h1-8,14H,9H2,(H,18,19,21). The Morgan fingerprint density at radius 2 is 1.92 bits per heavy atom. The number of thioether (sulfide) groups is 1. The van der Waals surface area contributed by atoms with Crippen molar-refractivity contribution in [1.82, 2.24) is 5.32 Å². The Labute approximate surface area is 150 Å². The maximum Gasteiger partial charge on any atom is 0.272 e. The molecule has 3 rings (SSSR count). The average Bonchev–Trinajstić information content (AvgIpc) is 2.89. The maximum absolute atomic E-state index is 12.1. The quantitative estimate of drug-likeness (QED) is 0.618. The predicted molar refractivity (Wildman–Crippen MR) is 97.6 cm³/mol. The van der Waals surface area contributed by atoms with E-state index >= 15 is 0 Å². The van der Waals surface area contributed by atoms with Gasteiger partial charge in [0.25, 0.3) is 5.69 Å². The molecule has 1 atom stereocenters. The lowest BCUT2D eigenvalue weighted by Crippen LogP contribution is -2.26. The first-order valence-electron chi connectivity index (χ1n) is 7.07. The molecule has 1 saturated heterocycles. The number of nitrogens with one attached hydrogen (secondary N) is 1. The molecule has 0 spiro atoms. The van der Waals surface area contributed by atoms with Crippen molar-refractivity contribution in [3.05, 3.63) is 68.7 Å². The van der Waals surface area contributed by atoms with Crippen LogP contribution in [-0.4, -0.2) is 21.2 Å². The third kappa shape index (κ3) is 3.82. The number of amidine groups is 1. The third-order valence-electron chi connectivity index (χ3n) is 3.43. The van der Waals surface area contributed by atoms with Gasteiger partial charge in [-0.3, -0.25) is 14.9 Å². The van der Waals surface area contributed by atoms with Gasteiger partial charge < -0.3 is 5.32 Å². The molecule has 0 saturated carbocycles. The molecular weight excluding hydrogens is 394 g/mol. The van der Waals surface area contributed by atoms with Gasteiger partial charge in [-0.1, -0.05) is 45.9 Å². The number of hydrogen-bond donors (Lipinski definition) is 1. The fraction of sp³-hybridized carbons (Fsp3) is 0.125. The van der Waals surface area contributed by atoms with Crippen LogP contribution < -0.4 is 5.32 Å². The fourth-order valence-electron chi connectivity index (χ4n) is 2.29. The third-order valence-corrected chi connectivity index (χ3v) is 5.04. The molecule has 0 bridgehead atoms. The van der Waals surface area contributed by atoms with E-state index in [0.29, 0.717) is 10.7 Å². The van der Waals surface area contributed by atoms with Crippen molar-refractivity contribution in [3.63, 3.8) is 0 Å². The van der Waals surface area contributed by atoms with E-state index in [1.54, 1.807) is 18.2 Å². The second-order valence-electron chi connectivity index (χ2n) is 5.08. The van der Waals surface area contributed by atoms with E-state index in [-0.39, 0.29) is 18.0 Å². The summed E-state index contributed by atoms with van der Waals surface area (Å²) in [4.78, 5) is 27.2. The van der Waals surface area contributed by atoms with Gasteiger partial charge in [0, 0.05) is 22.5 Å². The lowest BCUT2D eigenvalue weighted by molar-refractivity contribution is -0.385. The van der Waals surface area contributed by atoms with E-state index in [1.807, 2.05) is 24.3 Å². The van der Waals surface area contributed by atoms with Crippen molar-refractivity contribution in [1.29, 1.82) is 0 Å². The zero-order chi connectivity index (χ0) is 17.1. The van der Waals surface area contributed by atoms with Crippen LogP contribution in [0.25, 0.3) is 0 Å². The molecule has 1 aliphatic rings. The number of benzene rings is 2. The Balaban J connectivity index is 1.76. The van der Waals surface area contributed by atoms with Gasteiger partial charge in [0.15, 0.2) is 5.17 Å². The number of carbonyl (C=O) groups excluding carboxylic acids is 1. The second kappa shape index (κ2) is 7.14. The molecule has 0 aliphatic carbocycles. The lowest BCUT2D eigenvalue weighted by atomic mass is 10.1. The summed E-state index contributed by atoms with van der Waals surface area (Å²) in [6.07, 6.45) is 0.285. The minimum Gasteiger partial charge on any atom is -0.304 e. The largest absolute Gasteiger partial charge is 0.304 e. The predicted octanol–water partition coefficient (Wildman–Crippen LogP) is 3.82. The van der Waals surface area contributed by atoms with Gasteiger partial charge in [-0.15, -0.1) is 0 Å². The number of halogens is 1. The first-order chi connectivity index (χ1) is 11.5. The first-order valence-corrected chi connectivity index (χ1v) is 8.74. The van der Waals surface area contributed by atoms with E-state index < -0.39 is 10.2 Å². The van der Waals surface area contributed by atoms with Crippen molar-refractivity contribution in [2.45, 2.75) is 11.7 Å². The minimum atomic E-state index is -0.430. The summed E-state index contributed by atoms with van der Waals surface area (Å²) in [5.74, 6) is -0.186. The minimum absolute atomic E-state index is 0.0317.